The van der Waals surface area contributed by atoms with E-state index in [9.17, 15) is 9.18 Å². The zero-order valence-electron chi connectivity index (χ0n) is 15.8. The fraction of sp³-hybridized carbons (Fsp3) is 0.381. The first-order valence-corrected chi connectivity index (χ1v) is 10.3. The van der Waals surface area contributed by atoms with Crippen molar-refractivity contribution in [3.05, 3.63) is 65.5 Å². The normalized spacial score (nSPS) is 17.3. The summed E-state index contributed by atoms with van der Waals surface area (Å²) in [5.41, 5.74) is 1.98. The van der Waals surface area contributed by atoms with Gasteiger partial charge < -0.3 is 15.4 Å². The lowest BCUT2D eigenvalue weighted by Crippen LogP contribution is -2.42. The van der Waals surface area contributed by atoms with Crippen LogP contribution in [0.2, 0.25) is 0 Å². The Morgan fingerprint density at radius 2 is 1.96 bits per heavy atom. The summed E-state index contributed by atoms with van der Waals surface area (Å²) in [6, 6.07) is 14.2. The van der Waals surface area contributed by atoms with Gasteiger partial charge in [-0.3, -0.25) is 4.79 Å². The molecule has 3 rings (SSSR count). The van der Waals surface area contributed by atoms with Crippen molar-refractivity contribution < 1.29 is 13.9 Å². The van der Waals surface area contributed by atoms with Gasteiger partial charge in [-0.25, -0.2) is 4.39 Å². The Morgan fingerprint density at radius 3 is 2.57 bits per heavy atom. The molecular weight excluding hydrogens is 399 g/mol. The largest absolute Gasteiger partial charge is 0.497 e. The Morgan fingerprint density at radius 1 is 1.25 bits per heavy atom. The summed E-state index contributed by atoms with van der Waals surface area (Å²) in [6.07, 6.45) is 1.06. The van der Waals surface area contributed by atoms with Gasteiger partial charge in [0.1, 0.15) is 11.6 Å². The third kappa shape index (κ3) is 6.69. The molecule has 7 heteroatoms. The van der Waals surface area contributed by atoms with Crippen LogP contribution < -0.4 is 15.4 Å². The molecule has 4 nitrogen and oxygen atoms in total. The van der Waals surface area contributed by atoms with Gasteiger partial charge >= 0.3 is 0 Å². The molecule has 2 N–H and O–H groups in total. The van der Waals surface area contributed by atoms with E-state index in [1.165, 1.54) is 12.1 Å². The second-order valence-corrected chi connectivity index (χ2v) is 7.80. The molecule has 0 aliphatic carbocycles. The third-order valence-corrected chi connectivity index (χ3v) is 5.77. The van der Waals surface area contributed by atoms with E-state index < -0.39 is 0 Å². The van der Waals surface area contributed by atoms with Crippen LogP contribution in [0.3, 0.4) is 0 Å². The second-order valence-electron chi connectivity index (χ2n) is 6.65. The summed E-state index contributed by atoms with van der Waals surface area (Å²) in [4.78, 5) is 12.6. The van der Waals surface area contributed by atoms with Crippen LogP contribution in [0, 0.1) is 5.82 Å². The molecule has 1 aliphatic rings. The average molecular weight is 425 g/mol. The van der Waals surface area contributed by atoms with Gasteiger partial charge in [-0.2, -0.15) is 11.8 Å². The van der Waals surface area contributed by atoms with Crippen LogP contribution in [0.15, 0.2) is 48.5 Å². The predicted octanol–water partition coefficient (Wildman–Crippen LogP) is 3.75. The number of amides is 1. The molecule has 2 unspecified atom stereocenters. The fourth-order valence-corrected chi connectivity index (χ4v) is 4.12. The maximum Gasteiger partial charge on any atom is 0.222 e. The number of nitrogens with one attached hydrogen (secondary N) is 2. The van der Waals surface area contributed by atoms with Crippen molar-refractivity contribution in [3.8, 4) is 5.75 Å². The van der Waals surface area contributed by atoms with E-state index in [1.807, 2.05) is 36.0 Å². The molecule has 152 valence electrons. The molecule has 0 radical (unpaired) electrons. The summed E-state index contributed by atoms with van der Waals surface area (Å²) >= 11 is 1.88. The van der Waals surface area contributed by atoms with Crippen molar-refractivity contribution in [2.24, 2.45) is 0 Å². The topological polar surface area (TPSA) is 50.4 Å². The lowest BCUT2D eigenvalue weighted by atomic mass is 9.98. The van der Waals surface area contributed by atoms with E-state index in [4.69, 9.17) is 4.74 Å². The molecule has 1 aliphatic heterocycles. The molecule has 2 aromatic rings. The molecule has 0 saturated carbocycles. The summed E-state index contributed by atoms with van der Waals surface area (Å²) in [6.45, 7) is 0.945. The number of benzene rings is 2. The van der Waals surface area contributed by atoms with E-state index in [1.54, 1.807) is 19.2 Å². The van der Waals surface area contributed by atoms with Crippen molar-refractivity contribution in [1.82, 2.24) is 10.6 Å². The number of thioether (sulfide) groups is 1. The predicted molar refractivity (Wildman–Crippen MR) is 115 cm³/mol. The summed E-state index contributed by atoms with van der Waals surface area (Å²) in [5, 5.41) is 6.55. The van der Waals surface area contributed by atoms with Gasteiger partial charge in [0, 0.05) is 30.5 Å². The highest BCUT2D eigenvalue weighted by atomic mass is 35.5. The molecule has 0 bridgehead atoms. The maximum atomic E-state index is 13.2. The average Bonchev–Trinajstić information content (AvgIpc) is 2.70. The van der Waals surface area contributed by atoms with Crippen LogP contribution in [0.4, 0.5) is 4.39 Å². The summed E-state index contributed by atoms with van der Waals surface area (Å²) < 4.78 is 18.4. The molecule has 1 saturated heterocycles. The van der Waals surface area contributed by atoms with Crippen LogP contribution >= 0.6 is 24.2 Å². The second kappa shape index (κ2) is 11.3. The van der Waals surface area contributed by atoms with Crippen LogP contribution in [-0.2, 0) is 11.2 Å². The number of hydrogen-bond acceptors (Lipinski definition) is 4. The van der Waals surface area contributed by atoms with Crippen LogP contribution in [0.25, 0.3) is 0 Å². The molecular formula is C21H26ClFN2O2S. The Labute approximate surface area is 176 Å². The molecule has 2 atom stereocenters. The number of halogens is 2. The highest BCUT2D eigenvalue weighted by Crippen LogP contribution is 2.22. The van der Waals surface area contributed by atoms with E-state index in [-0.39, 0.29) is 36.2 Å². The zero-order chi connectivity index (χ0) is 19.1. The molecule has 1 amide bonds. The van der Waals surface area contributed by atoms with Crippen molar-refractivity contribution in [2.75, 3.05) is 25.2 Å². The Balaban J connectivity index is 0.00000280. The Kier molecular flexibility index (Phi) is 9.09. The standard InChI is InChI=1S/C21H25FN2O2S.ClH/c1-26-19-8-4-16(5-9-19)20(12-15-2-6-17(22)7-3-15)24-21(25)13-18-14-27-11-10-23-18;/h2-9,18,20,23H,10-14H2,1H3,(H,24,25);1H. The maximum absolute atomic E-state index is 13.2. The van der Waals surface area contributed by atoms with Crippen LogP contribution in [0.1, 0.15) is 23.6 Å². The monoisotopic (exact) mass is 424 g/mol. The highest BCUT2D eigenvalue weighted by molar-refractivity contribution is 7.99. The van der Waals surface area contributed by atoms with Gasteiger partial charge in [0.25, 0.3) is 0 Å². The van der Waals surface area contributed by atoms with E-state index >= 15 is 0 Å². The minimum absolute atomic E-state index is 0. The van der Waals surface area contributed by atoms with Crippen molar-refractivity contribution >= 4 is 30.1 Å². The highest BCUT2D eigenvalue weighted by Gasteiger charge is 2.20. The van der Waals surface area contributed by atoms with Crippen LogP contribution in [0.5, 0.6) is 5.75 Å². The third-order valence-electron chi connectivity index (χ3n) is 4.64. The Hall–Kier alpha value is -1.76. The van der Waals surface area contributed by atoms with Gasteiger partial charge in [0.15, 0.2) is 0 Å². The summed E-state index contributed by atoms with van der Waals surface area (Å²) in [7, 11) is 1.63. The smallest absolute Gasteiger partial charge is 0.222 e. The number of carbonyl (C=O) groups is 1. The van der Waals surface area contributed by atoms with Gasteiger partial charge in [-0.15, -0.1) is 12.4 Å². The number of methoxy groups -OCH3 is 1. The minimum atomic E-state index is -0.260. The molecule has 1 heterocycles. The van der Waals surface area contributed by atoms with Crippen molar-refractivity contribution in [1.29, 1.82) is 0 Å². The quantitative estimate of drug-likeness (QED) is 0.710. The summed E-state index contributed by atoms with van der Waals surface area (Å²) in [5.74, 6) is 2.59. The molecule has 0 aromatic heterocycles. The van der Waals surface area contributed by atoms with E-state index in [2.05, 4.69) is 10.6 Å². The lowest BCUT2D eigenvalue weighted by Gasteiger charge is -2.25. The van der Waals surface area contributed by atoms with E-state index in [0.29, 0.717) is 12.8 Å². The van der Waals surface area contributed by atoms with E-state index in [0.717, 1.165) is 34.9 Å². The van der Waals surface area contributed by atoms with Crippen LogP contribution in [-0.4, -0.2) is 37.1 Å². The molecule has 2 aromatic carbocycles. The first kappa shape index (κ1) is 22.5. The van der Waals surface area contributed by atoms with Crippen molar-refractivity contribution in [3.63, 3.8) is 0 Å². The van der Waals surface area contributed by atoms with Gasteiger partial charge in [0.05, 0.1) is 13.2 Å². The number of hydrogen-bond donors (Lipinski definition) is 2. The fourth-order valence-electron chi connectivity index (χ4n) is 3.17. The first-order chi connectivity index (χ1) is 13.1. The number of ether oxygens (including phenoxy) is 1. The van der Waals surface area contributed by atoms with Gasteiger partial charge in [-0.05, 0) is 41.8 Å². The number of carbonyl (C=O) groups excluding carboxylic acids is 1. The number of rotatable bonds is 7. The zero-order valence-corrected chi connectivity index (χ0v) is 17.5. The Bertz CT molecular complexity index is 737. The molecule has 28 heavy (non-hydrogen) atoms. The SMILES string of the molecule is COc1ccc(C(Cc2ccc(F)cc2)NC(=O)CC2CSCCN2)cc1.Cl. The molecule has 1 fully saturated rings. The first-order valence-electron chi connectivity index (χ1n) is 9.13. The van der Waals surface area contributed by atoms with Crippen molar-refractivity contribution in [2.45, 2.75) is 24.9 Å². The lowest BCUT2D eigenvalue weighted by molar-refractivity contribution is -0.122. The van der Waals surface area contributed by atoms with Gasteiger partial charge in [-0.1, -0.05) is 24.3 Å². The minimum Gasteiger partial charge on any atom is -0.497 e. The molecule has 0 spiro atoms. The van der Waals surface area contributed by atoms with Gasteiger partial charge in [0.2, 0.25) is 5.91 Å².